The van der Waals surface area contributed by atoms with Crippen LogP contribution in [0, 0.1) is 0 Å². The smallest absolute Gasteiger partial charge is 0.339 e. The van der Waals surface area contributed by atoms with Crippen molar-refractivity contribution in [1.82, 2.24) is 4.98 Å². The number of nitrogens with zero attached hydrogens (tertiary/aromatic N) is 2. The van der Waals surface area contributed by atoms with Crippen molar-refractivity contribution in [1.29, 1.82) is 0 Å². The molecule has 1 aromatic rings. The van der Waals surface area contributed by atoms with E-state index in [1.54, 1.807) is 0 Å². The molecule has 0 bridgehead atoms. The molecule has 0 spiro atoms. The predicted molar refractivity (Wildman–Crippen MR) is 73.9 cm³/mol. The maximum Gasteiger partial charge on any atom is 0.339 e. The Morgan fingerprint density at radius 3 is 2.79 bits per heavy atom. The standard InChI is InChI=1S/C15H20N2O2/c1-15(2)7-4-8-17(15)13-11(14(18)19)9-10-5-3-6-12(10)16-13/h9H,3-8H2,1-2H3,(H,18,19). The predicted octanol–water partition coefficient (Wildman–Crippen LogP) is 2.65. The van der Waals surface area contributed by atoms with Gasteiger partial charge in [-0.3, -0.25) is 0 Å². The van der Waals surface area contributed by atoms with Crippen LogP contribution in [-0.2, 0) is 12.8 Å². The summed E-state index contributed by atoms with van der Waals surface area (Å²) in [6, 6.07) is 1.85. The number of anilines is 1. The molecule has 1 fully saturated rings. The fourth-order valence-corrected chi connectivity index (χ4v) is 3.32. The lowest BCUT2D eigenvalue weighted by molar-refractivity contribution is 0.0697. The van der Waals surface area contributed by atoms with Gasteiger partial charge in [0, 0.05) is 17.8 Å². The highest BCUT2D eigenvalue weighted by atomic mass is 16.4. The third kappa shape index (κ3) is 1.99. The number of fused-ring (bicyclic) bond motifs is 1. The third-order valence-electron chi connectivity index (χ3n) is 4.42. The van der Waals surface area contributed by atoms with E-state index < -0.39 is 5.97 Å². The van der Waals surface area contributed by atoms with E-state index in [2.05, 4.69) is 18.7 Å². The zero-order valence-electron chi connectivity index (χ0n) is 11.6. The van der Waals surface area contributed by atoms with E-state index in [-0.39, 0.29) is 5.54 Å². The summed E-state index contributed by atoms with van der Waals surface area (Å²) in [6.07, 6.45) is 5.23. The first-order valence-corrected chi connectivity index (χ1v) is 7.03. The van der Waals surface area contributed by atoms with E-state index in [4.69, 9.17) is 4.98 Å². The van der Waals surface area contributed by atoms with Gasteiger partial charge < -0.3 is 10.0 Å². The number of hydrogen-bond acceptors (Lipinski definition) is 3. The molecule has 0 saturated carbocycles. The SMILES string of the molecule is CC1(C)CCCN1c1nc2c(cc1C(=O)O)CCC2. The maximum atomic E-state index is 11.5. The minimum atomic E-state index is -0.861. The quantitative estimate of drug-likeness (QED) is 0.888. The van der Waals surface area contributed by atoms with Gasteiger partial charge >= 0.3 is 5.97 Å². The molecule has 0 unspecified atom stereocenters. The number of aromatic carboxylic acids is 1. The Balaban J connectivity index is 2.11. The van der Waals surface area contributed by atoms with Crippen LogP contribution >= 0.6 is 0 Å². The Kier molecular flexibility index (Phi) is 2.77. The van der Waals surface area contributed by atoms with Gasteiger partial charge in [0.1, 0.15) is 11.4 Å². The molecule has 3 rings (SSSR count). The third-order valence-corrected chi connectivity index (χ3v) is 4.42. The van der Waals surface area contributed by atoms with Crippen LogP contribution in [0.25, 0.3) is 0 Å². The van der Waals surface area contributed by atoms with E-state index in [0.29, 0.717) is 11.4 Å². The first kappa shape index (κ1) is 12.5. The number of hydrogen-bond donors (Lipinski definition) is 1. The molecule has 2 aliphatic rings. The Morgan fingerprint density at radius 1 is 1.37 bits per heavy atom. The highest BCUT2D eigenvalue weighted by Crippen LogP contribution is 2.36. The Hall–Kier alpha value is -1.58. The minimum Gasteiger partial charge on any atom is -0.478 e. The summed E-state index contributed by atoms with van der Waals surface area (Å²) in [4.78, 5) is 18.4. The first-order valence-electron chi connectivity index (χ1n) is 7.03. The fourth-order valence-electron chi connectivity index (χ4n) is 3.32. The largest absolute Gasteiger partial charge is 0.478 e. The van der Waals surface area contributed by atoms with E-state index in [9.17, 15) is 9.90 Å². The van der Waals surface area contributed by atoms with Crippen molar-refractivity contribution < 1.29 is 9.90 Å². The number of aromatic nitrogens is 1. The van der Waals surface area contributed by atoms with Crippen LogP contribution in [0.5, 0.6) is 0 Å². The van der Waals surface area contributed by atoms with Crippen LogP contribution in [-0.4, -0.2) is 28.1 Å². The molecular formula is C15H20N2O2. The Bertz CT molecular complexity index is 537. The van der Waals surface area contributed by atoms with Gasteiger partial charge in [-0.05, 0) is 57.6 Å². The summed E-state index contributed by atoms with van der Waals surface area (Å²) < 4.78 is 0. The molecule has 1 saturated heterocycles. The highest BCUT2D eigenvalue weighted by molar-refractivity contribution is 5.94. The van der Waals surface area contributed by atoms with Crippen molar-refractivity contribution in [3.8, 4) is 0 Å². The second-order valence-electron chi connectivity index (χ2n) is 6.19. The minimum absolute atomic E-state index is 0.00401. The zero-order valence-corrected chi connectivity index (χ0v) is 11.6. The summed E-state index contributed by atoms with van der Waals surface area (Å²) in [5, 5.41) is 9.46. The average Bonchev–Trinajstić information content (AvgIpc) is 2.92. The zero-order chi connectivity index (χ0) is 13.6. The summed E-state index contributed by atoms with van der Waals surface area (Å²) >= 11 is 0. The Labute approximate surface area is 113 Å². The van der Waals surface area contributed by atoms with Crippen LogP contribution in [0.2, 0.25) is 0 Å². The van der Waals surface area contributed by atoms with Crippen LogP contribution in [0.1, 0.15) is 54.7 Å². The molecule has 1 N–H and O–H groups in total. The van der Waals surface area contributed by atoms with Crippen molar-refractivity contribution in [3.63, 3.8) is 0 Å². The summed E-state index contributed by atoms with van der Waals surface area (Å²) in [7, 11) is 0. The van der Waals surface area contributed by atoms with Gasteiger partial charge in [0.2, 0.25) is 0 Å². The molecule has 102 valence electrons. The van der Waals surface area contributed by atoms with Gasteiger partial charge in [-0.1, -0.05) is 0 Å². The van der Waals surface area contributed by atoms with Crippen LogP contribution in [0.15, 0.2) is 6.07 Å². The lowest BCUT2D eigenvalue weighted by Crippen LogP contribution is -2.39. The number of pyridine rings is 1. The number of carboxylic acid groups (broad SMARTS) is 1. The molecule has 0 atom stereocenters. The molecule has 0 amide bonds. The molecule has 0 radical (unpaired) electrons. The molecule has 1 aliphatic carbocycles. The molecule has 0 aromatic carbocycles. The molecule has 1 aliphatic heterocycles. The summed E-state index contributed by atoms with van der Waals surface area (Å²) in [6.45, 7) is 5.24. The van der Waals surface area contributed by atoms with Gasteiger partial charge in [0.05, 0.1) is 0 Å². The monoisotopic (exact) mass is 260 g/mol. The average molecular weight is 260 g/mol. The van der Waals surface area contributed by atoms with Crippen molar-refractivity contribution in [3.05, 3.63) is 22.9 Å². The number of aryl methyl sites for hydroxylation is 2. The maximum absolute atomic E-state index is 11.5. The van der Waals surface area contributed by atoms with Crippen molar-refractivity contribution in [2.45, 2.75) is 51.5 Å². The lowest BCUT2D eigenvalue weighted by Gasteiger charge is -2.33. The van der Waals surface area contributed by atoms with E-state index in [0.717, 1.165) is 49.9 Å². The second kappa shape index (κ2) is 4.22. The molecule has 19 heavy (non-hydrogen) atoms. The van der Waals surface area contributed by atoms with Crippen molar-refractivity contribution >= 4 is 11.8 Å². The number of rotatable bonds is 2. The van der Waals surface area contributed by atoms with Gasteiger partial charge in [-0.15, -0.1) is 0 Å². The second-order valence-corrected chi connectivity index (χ2v) is 6.19. The first-order chi connectivity index (χ1) is 8.99. The normalized spacial score (nSPS) is 20.6. The van der Waals surface area contributed by atoms with Crippen molar-refractivity contribution in [2.75, 3.05) is 11.4 Å². The Morgan fingerprint density at radius 2 is 2.16 bits per heavy atom. The number of carbonyl (C=O) groups is 1. The summed E-state index contributed by atoms with van der Waals surface area (Å²) in [5.41, 5.74) is 2.60. The van der Waals surface area contributed by atoms with Crippen molar-refractivity contribution in [2.24, 2.45) is 0 Å². The summed E-state index contributed by atoms with van der Waals surface area (Å²) in [5.74, 6) is -0.185. The van der Waals surface area contributed by atoms with Gasteiger partial charge in [0.25, 0.3) is 0 Å². The highest BCUT2D eigenvalue weighted by Gasteiger charge is 2.35. The number of carboxylic acids is 1. The van der Waals surface area contributed by atoms with E-state index >= 15 is 0 Å². The molecule has 1 aromatic heterocycles. The molecular weight excluding hydrogens is 240 g/mol. The van der Waals surface area contributed by atoms with Crippen LogP contribution < -0.4 is 4.90 Å². The molecule has 4 nitrogen and oxygen atoms in total. The van der Waals surface area contributed by atoms with Gasteiger partial charge in [-0.25, -0.2) is 9.78 Å². The van der Waals surface area contributed by atoms with Crippen LogP contribution in [0.3, 0.4) is 0 Å². The van der Waals surface area contributed by atoms with E-state index in [1.165, 1.54) is 0 Å². The van der Waals surface area contributed by atoms with E-state index in [1.807, 2.05) is 6.07 Å². The van der Waals surface area contributed by atoms with Crippen LogP contribution in [0.4, 0.5) is 5.82 Å². The fraction of sp³-hybridized carbons (Fsp3) is 0.600. The van der Waals surface area contributed by atoms with Gasteiger partial charge in [0.15, 0.2) is 0 Å². The topological polar surface area (TPSA) is 53.4 Å². The molecule has 2 heterocycles. The lowest BCUT2D eigenvalue weighted by atomic mass is 10.0. The molecule has 4 heteroatoms. The van der Waals surface area contributed by atoms with Gasteiger partial charge in [-0.2, -0.15) is 0 Å².